The van der Waals surface area contributed by atoms with Crippen LogP contribution in [0.25, 0.3) is 5.57 Å². The van der Waals surface area contributed by atoms with Gasteiger partial charge in [-0.05, 0) is 54.0 Å². The summed E-state index contributed by atoms with van der Waals surface area (Å²) in [6.07, 6.45) is 10.1. The van der Waals surface area contributed by atoms with Gasteiger partial charge in [0.05, 0.1) is 0 Å². The van der Waals surface area contributed by atoms with E-state index in [9.17, 15) is 0 Å². The maximum absolute atomic E-state index is 4.34. The first-order chi connectivity index (χ1) is 11.7. The van der Waals surface area contributed by atoms with Crippen LogP contribution in [0.15, 0.2) is 78.9 Å². The third-order valence-corrected chi connectivity index (χ3v) is 4.89. The molecule has 0 heteroatoms. The highest BCUT2D eigenvalue weighted by molar-refractivity contribution is 5.67. The number of aryl methyl sites for hydroxylation is 2. The zero-order chi connectivity index (χ0) is 16.9. The summed E-state index contributed by atoms with van der Waals surface area (Å²) < 4.78 is 0. The van der Waals surface area contributed by atoms with Crippen LogP contribution in [0.1, 0.15) is 35.6 Å². The average Bonchev–Trinajstić information content (AvgIpc) is 2.64. The monoisotopic (exact) mass is 314 g/mol. The summed E-state index contributed by atoms with van der Waals surface area (Å²) >= 11 is 0. The van der Waals surface area contributed by atoms with Crippen molar-refractivity contribution in [3.63, 3.8) is 0 Å². The molecule has 2 aromatic rings. The standard InChI is InChI=1S/C24H26/c1-4-20-9-13-23(14-10-20)19(3)24-15-11-22(12-16-24)17-21-7-5-18(2)6-8-21/h5-15,24H,3-4,16-17H2,1-2H3. The molecule has 0 radical (unpaired) electrons. The molecule has 0 amide bonds. The van der Waals surface area contributed by atoms with Gasteiger partial charge in [0, 0.05) is 5.92 Å². The first-order valence-electron chi connectivity index (χ1n) is 8.86. The number of hydrogen-bond donors (Lipinski definition) is 0. The van der Waals surface area contributed by atoms with Crippen molar-refractivity contribution < 1.29 is 0 Å². The van der Waals surface area contributed by atoms with Gasteiger partial charge < -0.3 is 0 Å². The quantitative estimate of drug-likeness (QED) is 0.606. The third-order valence-electron chi connectivity index (χ3n) is 4.89. The minimum atomic E-state index is 0.416. The Morgan fingerprint density at radius 2 is 1.67 bits per heavy atom. The molecule has 0 bridgehead atoms. The first kappa shape index (κ1) is 16.5. The summed E-state index contributed by atoms with van der Waals surface area (Å²) in [6, 6.07) is 17.7. The largest absolute Gasteiger partial charge is 0.0946 e. The molecule has 0 aromatic heterocycles. The van der Waals surface area contributed by atoms with Crippen LogP contribution >= 0.6 is 0 Å². The fourth-order valence-electron chi connectivity index (χ4n) is 3.16. The number of hydrogen-bond acceptors (Lipinski definition) is 0. The second-order valence-corrected chi connectivity index (χ2v) is 6.72. The van der Waals surface area contributed by atoms with Gasteiger partial charge in [-0.15, -0.1) is 0 Å². The SMILES string of the molecule is C=C(c1ccc(CC)cc1)C1C=CC(Cc2ccc(C)cc2)=CC1. The number of allylic oxidation sites excluding steroid dienone is 5. The minimum absolute atomic E-state index is 0.416. The van der Waals surface area contributed by atoms with E-state index < -0.39 is 0 Å². The van der Waals surface area contributed by atoms with Crippen molar-refractivity contribution in [1.82, 2.24) is 0 Å². The molecule has 0 saturated carbocycles. The highest BCUT2D eigenvalue weighted by Crippen LogP contribution is 2.30. The molecule has 1 unspecified atom stereocenters. The molecule has 1 aliphatic rings. The van der Waals surface area contributed by atoms with Crippen LogP contribution in [0.5, 0.6) is 0 Å². The van der Waals surface area contributed by atoms with E-state index in [1.54, 1.807) is 0 Å². The van der Waals surface area contributed by atoms with E-state index in [4.69, 9.17) is 0 Å². The van der Waals surface area contributed by atoms with E-state index >= 15 is 0 Å². The van der Waals surface area contributed by atoms with Gasteiger partial charge in [-0.25, -0.2) is 0 Å². The maximum Gasteiger partial charge on any atom is 0.00559 e. The van der Waals surface area contributed by atoms with Crippen LogP contribution in [0, 0.1) is 12.8 Å². The Bertz CT molecular complexity index is 755. The molecular weight excluding hydrogens is 288 g/mol. The molecule has 122 valence electrons. The summed E-state index contributed by atoms with van der Waals surface area (Å²) in [5.41, 5.74) is 7.97. The fourth-order valence-corrected chi connectivity index (χ4v) is 3.16. The summed E-state index contributed by atoms with van der Waals surface area (Å²) in [5.74, 6) is 0.416. The normalized spacial score (nSPS) is 16.8. The maximum atomic E-state index is 4.34. The van der Waals surface area contributed by atoms with Crippen LogP contribution in [0.3, 0.4) is 0 Å². The van der Waals surface area contributed by atoms with Gasteiger partial charge in [-0.2, -0.15) is 0 Å². The molecule has 1 aliphatic carbocycles. The molecule has 2 aromatic carbocycles. The van der Waals surface area contributed by atoms with Gasteiger partial charge in [-0.3, -0.25) is 0 Å². The molecule has 0 heterocycles. The fraction of sp³-hybridized carbons (Fsp3) is 0.250. The molecule has 0 aliphatic heterocycles. The number of benzene rings is 2. The molecular formula is C24H26. The van der Waals surface area contributed by atoms with Gasteiger partial charge in [0.15, 0.2) is 0 Å². The van der Waals surface area contributed by atoms with Gasteiger partial charge in [-0.1, -0.05) is 85.8 Å². The van der Waals surface area contributed by atoms with Gasteiger partial charge >= 0.3 is 0 Å². The van der Waals surface area contributed by atoms with E-state index in [1.807, 2.05) is 0 Å². The zero-order valence-electron chi connectivity index (χ0n) is 14.8. The lowest BCUT2D eigenvalue weighted by Crippen LogP contribution is -2.03. The molecule has 0 spiro atoms. The van der Waals surface area contributed by atoms with Crippen LogP contribution in [0.4, 0.5) is 0 Å². The highest BCUT2D eigenvalue weighted by Gasteiger charge is 2.14. The average molecular weight is 314 g/mol. The lowest BCUT2D eigenvalue weighted by molar-refractivity contribution is 0.830. The Morgan fingerprint density at radius 1 is 1.00 bits per heavy atom. The van der Waals surface area contributed by atoms with Gasteiger partial charge in [0.2, 0.25) is 0 Å². The van der Waals surface area contributed by atoms with E-state index in [0.29, 0.717) is 5.92 Å². The van der Waals surface area contributed by atoms with E-state index in [2.05, 4.69) is 87.2 Å². The topological polar surface area (TPSA) is 0 Å². The molecule has 0 fully saturated rings. The van der Waals surface area contributed by atoms with Crippen molar-refractivity contribution in [2.45, 2.75) is 33.1 Å². The van der Waals surface area contributed by atoms with Crippen LogP contribution in [0.2, 0.25) is 0 Å². The minimum Gasteiger partial charge on any atom is -0.0946 e. The first-order valence-corrected chi connectivity index (χ1v) is 8.86. The van der Waals surface area contributed by atoms with Crippen molar-refractivity contribution in [1.29, 1.82) is 0 Å². The van der Waals surface area contributed by atoms with Crippen molar-refractivity contribution in [3.05, 3.63) is 101 Å². The summed E-state index contributed by atoms with van der Waals surface area (Å²) in [4.78, 5) is 0. The smallest absolute Gasteiger partial charge is 0.00559 e. The van der Waals surface area contributed by atoms with E-state index in [0.717, 1.165) is 19.3 Å². The molecule has 0 N–H and O–H groups in total. The van der Waals surface area contributed by atoms with Crippen LogP contribution in [-0.4, -0.2) is 0 Å². The molecule has 24 heavy (non-hydrogen) atoms. The highest BCUT2D eigenvalue weighted by atomic mass is 14.2. The van der Waals surface area contributed by atoms with Crippen molar-refractivity contribution in [2.24, 2.45) is 5.92 Å². The lowest BCUT2D eigenvalue weighted by atomic mass is 9.85. The lowest BCUT2D eigenvalue weighted by Gasteiger charge is -2.19. The predicted octanol–water partition coefficient (Wildman–Crippen LogP) is 6.32. The molecule has 1 atom stereocenters. The Labute approximate surface area is 146 Å². The third kappa shape index (κ3) is 3.94. The van der Waals surface area contributed by atoms with Gasteiger partial charge in [0.25, 0.3) is 0 Å². The molecule has 0 nitrogen and oxygen atoms in total. The van der Waals surface area contributed by atoms with Crippen molar-refractivity contribution in [3.8, 4) is 0 Å². The van der Waals surface area contributed by atoms with Crippen LogP contribution < -0.4 is 0 Å². The van der Waals surface area contributed by atoms with E-state index in [-0.39, 0.29) is 0 Å². The van der Waals surface area contributed by atoms with Crippen molar-refractivity contribution >= 4 is 5.57 Å². The number of rotatable bonds is 5. The summed E-state index contributed by atoms with van der Waals surface area (Å²) in [5, 5.41) is 0. The Morgan fingerprint density at radius 3 is 2.25 bits per heavy atom. The van der Waals surface area contributed by atoms with E-state index in [1.165, 1.54) is 33.4 Å². The molecule has 0 saturated heterocycles. The van der Waals surface area contributed by atoms with Crippen LogP contribution in [-0.2, 0) is 12.8 Å². The van der Waals surface area contributed by atoms with Gasteiger partial charge in [0.1, 0.15) is 0 Å². The zero-order valence-corrected chi connectivity index (χ0v) is 14.8. The second-order valence-electron chi connectivity index (χ2n) is 6.72. The second kappa shape index (κ2) is 7.49. The Hall–Kier alpha value is -2.34. The molecule has 3 rings (SSSR count). The summed E-state index contributed by atoms with van der Waals surface area (Å²) in [7, 11) is 0. The summed E-state index contributed by atoms with van der Waals surface area (Å²) in [6.45, 7) is 8.66. The predicted molar refractivity (Wildman–Crippen MR) is 105 cm³/mol. The Balaban J connectivity index is 1.63. The Kier molecular flexibility index (Phi) is 5.15. The van der Waals surface area contributed by atoms with Crippen molar-refractivity contribution in [2.75, 3.05) is 0 Å².